The highest BCUT2D eigenvalue weighted by Crippen LogP contribution is 2.54. The number of hydrogen-bond donors (Lipinski definition) is 2. The number of carbonyl (C=O) groups is 2. The lowest BCUT2D eigenvalue weighted by atomic mass is 9.70. The lowest BCUT2D eigenvalue weighted by Gasteiger charge is -2.33. The quantitative estimate of drug-likeness (QED) is 0.367. The fourth-order valence-electron chi connectivity index (χ4n) is 5.61. The summed E-state index contributed by atoms with van der Waals surface area (Å²) in [6, 6.07) is 11.2. The molecule has 12 heteroatoms. The number of hydrogen-bond acceptors (Lipinski definition) is 6. The molecule has 0 saturated carbocycles. The predicted molar refractivity (Wildman–Crippen MR) is 137 cm³/mol. The van der Waals surface area contributed by atoms with Crippen molar-refractivity contribution in [1.82, 2.24) is 29.7 Å². The minimum Gasteiger partial charge on any atom is -0.340 e. The Balaban J connectivity index is 1.46. The molecule has 2 amide bonds. The number of benzene rings is 2. The van der Waals surface area contributed by atoms with Crippen molar-refractivity contribution in [3.05, 3.63) is 88.3 Å². The van der Waals surface area contributed by atoms with E-state index in [4.69, 9.17) is 16.7 Å². The van der Waals surface area contributed by atoms with Crippen LogP contribution in [0.2, 0.25) is 5.02 Å². The number of amides is 2. The summed E-state index contributed by atoms with van der Waals surface area (Å²) in [7, 11) is 0. The molecule has 2 aliphatic heterocycles. The van der Waals surface area contributed by atoms with E-state index in [1.54, 1.807) is 42.2 Å². The number of imidazole rings is 1. The number of aromatic nitrogens is 6. The summed E-state index contributed by atoms with van der Waals surface area (Å²) in [5.41, 5.74) is 2.72. The second kappa shape index (κ2) is 7.93. The third kappa shape index (κ3) is 3.05. The van der Waals surface area contributed by atoms with E-state index in [2.05, 4.69) is 25.3 Å². The zero-order valence-corrected chi connectivity index (χ0v) is 20.6. The largest absolute Gasteiger partial charge is 0.340 e. The van der Waals surface area contributed by atoms with E-state index < -0.39 is 5.41 Å². The zero-order chi connectivity index (χ0) is 26.2. The number of aromatic amines is 1. The van der Waals surface area contributed by atoms with E-state index in [1.807, 2.05) is 0 Å². The van der Waals surface area contributed by atoms with Crippen molar-refractivity contribution in [3.63, 3.8) is 0 Å². The number of nitrogens with zero attached hydrogens (tertiary/aromatic N) is 6. The van der Waals surface area contributed by atoms with Gasteiger partial charge in [-0.1, -0.05) is 23.7 Å². The fraction of sp³-hybridized carbons (Fsp3) is 0.154. The molecule has 0 aliphatic carbocycles. The molecule has 10 nitrogen and oxygen atoms in total. The van der Waals surface area contributed by atoms with Crippen LogP contribution < -0.4 is 10.2 Å². The Morgan fingerprint density at radius 2 is 1.92 bits per heavy atom. The molecule has 0 saturated heterocycles. The lowest BCUT2D eigenvalue weighted by molar-refractivity contribution is -0.126. The summed E-state index contributed by atoms with van der Waals surface area (Å²) in [4.78, 5) is 45.1. The summed E-state index contributed by atoms with van der Waals surface area (Å²) < 4.78 is 15.1. The molecular weight excluding hydrogens is 511 g/mol. The van der Waals surface area contributed by atoms with Crippen molar-refractivity contribution in [2.45, 2.75) is 25.3 Å². The molecular formula is C26H18ClFN8O2. The van der Waals surface area contributed by atoms with Crippen LogP contribution in [0.3, 0.4) is 0 Å². The van der Waals surface area contributed by atoms with E-state index in [9.17, 15) is 14.0 Å². The number of aryl methyl sites for hydroxylation is 1. The molecule has 1 atom stereocenters. The number of anilines is 2. The first-order valence-corrected chi connectivity index (χ1v) is 12.2. The smallest absolute Gasteiger partial charge is 0.243 e. The average Bonchev–Trinajstić information content (AvgIpc) is 3.57. The van der Waals surface area contributed by atoms with Crippen LogP contribution in [0.1, 0.15) is 28.8 Å². The Labute approximate surface area is 219 Å². The fourth-order valence-corrected chi connectivity index (χ4v) is 5.78. The summed E-state index contributed by atoms with van der Waals surface area (Å²) in [6.45, 7) is 1.99. The van der Waals surface area contributed by atoms with Crippen molar-refractivity contribution in [2.24, 2.45) is 0 Å². The Hall–Kier alpha value is -4.64. The van der Waals surface area contributed by atoms with Crippen molar-refractivity contribution in [1.29, 1.82) is 0 Å². The van der Waals surface area contributed by atoms with E-state index in [1.165, 1.54) is 29.5 Å². The second-order valence-corrected chi connectivity index (χ2v) is 9.77. The van der Waals surface area contributed by atoms with Gasteiger partial charge in [0.1, 0.15) is 28.9 Å². The van der Waals surface area contributed by atoms with Crippen LogP contribution in [0.15, 0.2) is 55.1 Å². The maximum atomic E-state index is 14.4. The van der Waals surface area contributed by atoms with Gasteiger partial charge in [-0.05, 0) is 48.4 Å². The van der Waals surface area contributed by atoms with Gasteiger partial charge in [-0.3, -0.25) is 9.59 Å². The van der Waals surface area contributed by atoms with Gasteiger partial charge in [-0.25, -0.2) is 19.3 Å². The van der Waals surface area contributed by atoms with Crippen LogP contribution in [0, 0.1) is 12.7 Å². The zero-order valence-electron chi connectivity index (χ0n) is 19.9. The van der Waals surface area contributed by atoms with Crippen molar-refractivity contribution >= 4 is 46.1 Å². The molecule has 38 heavy (non-hydrogen) atoms. The Bertz CT molecular complexity index is 1800. The van der Waals surface area contributed by atoms with Crippen LogP contribution >= 0.6 is 11.6 Å². The highest BCUT2D eigenvalue weighted by atomic mass is 35.5. The number of rotatable bonds is 3. The summed E-state index contributed by atoms with van der Waals surface area (Å²) in [6.07, 6.45) is 2.74. The molecule has 0 fully saturated rings. The van der Waals surface area contributed by atoms with Gasteiger partial charge in [0.2, 0.25) is 11.8 Å². The Morgan fingerprint density at radius 3 is 2.74 bits per heavy atom. The third-order valence-electron chi connectivity index (χ3n) is 7.15. The normalized spacial score (nSPS) is 18.2. The topological polar surface area (TPSA) is 122 Å². The molecule has 2 N–H and O–H groups in total. The molecule has 0 radical (unpaired) electrons. The molecule has 1 spiro atoms. The molecule has 2 aromatic carbocycles. The Kier molecular flexibility index (Phi) is 4.70. The van der Waals surface area contributed by atoms with Crippen LogP contribution in [0.5, 0.6) is 0 Å². The van der Waals surface area contributed by atoms with Gasteiger partial charge >= 0.3 is 0 Å². The average molecular weight is 529 g/mol. The van der Waals surface area contributed by atoms with E-state index in [0.29, 0.717) is 50.3 Å². The molecule has 5 heterocycles. The third-order valence-corrected chi connectivity index (χ3v) is 7.38. The van der Waals surface area contributed by atoms with Gasteiger partial charge in [0.15, 0.2) is 11.5 Å². The predicted octanol–water partition coefficient (Wildman–Crippen LogP) is 3.81. The maximum absolute atomic E-state index is 14.4. The van der Waals surface area contributed by atoms with Gasteiger partial charge < -0.3 is 15.2 Å². The number of halogens is 2. The van der Waals surface area contributed by atoms with Crippen LogP contribution in [0.4, 0.5) is 15.9 Å². The van der Waals surface area contributed by atoms with E-state index in [-0.39, 0.29) is 30.6 Å². The van der Waals surface area contributed by atoms with Gasteiger partial charge in [-0.15, -0.1) is 0 Å². The highest BCUT2D eigenvalue weighted by Gasteiger charge is 2.58. The van der Waals surface area contributed by atoms with Crippen molar-refractivity contribution in [2.75, 3.05) is 10.2 Å². The van der Waals surface area contributed by atoms with Crippen LogP contribution in [0.25, 0.3) is 17.0 Å². The molecule has 2 aliphatic rings. The van der Waals surface area contributed by atoms with Crippen LogP contribution in [-0.4, -0.2) is 41.5 Å². The number of carbonyl (C=O) groups excluding carboxylic acids is 2. The van der Waals surface area contributed by atoms with Gasteiger partial charge in [0, 0.05) is 22.7 Å². The molecule has 188 valence electrons. The molecule has 7 rings (SSSR count). The summed E-state index contributed by atoms with van der Waals surface area (Å²) >= 11 is 6.44. The summed E-state index contributed by atoms with van der Waals surface area (Å²) in [5, 5.41) is 8.06. The first kappa shape index (κ1) is 22.5. The highest BCUT2D eigenvalue weighted by molar-refractivity contribution is 6.31. The van der Waals surface area contributed by atoms with Gasteiger partial charge in [-0.2, -0.15) is 9.78 Å². The molecule has 3 aromatic heterocycles. The second-order valence-electron chi connectivity index (χ2n) is 9.33. The standard InChI is InChI=1S/C26H18ClFN8O2/c1-13-20-23(36(34-13)24-21-22(30-11-29-21)31-12-32-24)33-19(37)9-26(20)17-8-15(27)4-7-18(17)35(25(26)38)10-14-2-5-16(28)6-3-14/h2-8,11-12H,9-10H2,1H3,(H,33,37)(H,29,30,31,32). The van der Waals surface area contributed by atoms with Gasteiger partial charge in [0.25, 0.3) is 0 Å². The van der Waals surface area contributed by atoms with E-state index >= 15 is 0 Å². The lowest BCUT2D eigenvalue weighted by Crippen LogP contribution is -2.46. The monoisotopic (exact) mass is 528 g/mol. The maximum Gasteiger partial charge on any atom is 0.243 e. The SMILES string of the molecule is Cc1nn(-c2ncnc3nc[nH]c23)c2c1C1(CC(=O)N2)C(=O)N(Cc2ccc(F)cc2)c2ccc(Cl)cc21. The minimum atomic E-state index is -1.36. The van der Waals surface area contributed by atoms with Crippen LogP contribution in [-0.2, 0) is 21.5 Å². The number of fused-ring (bicyclic) bond motifs is 5. The first-order chi connectivity index (χ1) is 18.4. The van der Waals surface area contributed by atoms with Gasteiger partial charge in [0.05, 0.1) is 18.6 Å². The molecule has 0 bridgehead atoms. The first-order valence-electron chi connectivity index (χ1n) is 11.8. The Morgan fingerprint density at radius 1 is 1.11 bits per heavy atom. The number of nitrogens with one attached hydrogen (secondary N) is 2. The minimum absolute atomic E-state index is 0.123. The molecule has 5 aromatic rings. The molecule has 1 unspecified atom stereocenters. The number of H-pyrrole nitrogens is 1. The van der Waals surface area contributed by atoms with Crippen molar-refractivity contribution < 1.29 is 14.0 Å². The summed E-state index contributed by atoms with van der Waals surface area (Å²) in [5.74, 6) is -0.271. The van der Waals surface area contributed by atoms with E-state index in [0.717, 1.165) is 5.56 Å². The van der Waals surface area contributed by atoms with Crippen molar-refractivity contribution in [3.8, 4) is 5.82 Å².